The number of rotatable bonds is 2. The Morgan fingerprint density at radius 1 is 1.20 bits per heavy atom. The first kappa shape index (κ1) is 10.8. The molecule has 0 aromatic carbocycles. The molecule has 0 aromatic heterocycles. The van der Waals surface area contributed by atoms with Gasteiger partial charge in [-0.05, 0) is 25.2 Å². The van der Waals surface area contributed by atoms with Gasteiger partial charge in [0.1, 0.15) is 11.6 Å². The third-order valence-corrected chi connectivity index (χ3v) is 4.28. The first-order valence-electron chi connectivity index (χ1n) is 6.28. The summed E-state index contributed by atoms with van der Waals surface area (Å²) in [5.41, 5.74) is -0.520. The molecule has 2 nitrogen and oxygen atoms in total. The lowest BCUT2D eigenvalue weighted by Gasteiger charge is -2.38. The fraction of sp³-hybridized carbons (Fsp3) is 0.846. The summed E-state index contributed by atoms with van der Waals surface area (Å²) in [5, 5.41) is 0. The SMILES string of the molecule is CCCC1CCCCC12C(=O)CCC2=O. The molecule has 0 bridgehead atoms. The molecule has 0 heterocycles. The number of ketones is 2. The van der Waals surface area contributed by atoms with Crippen LogP contribution in [0.15, 0.2) is 0 Å². The maximum Gasteiger partial charge on any atom is 0.147 e. The molecule has 2 saturated carbocycles. The highest BCUT2D eigenvalue weighted by atomic mass is 16.2. The van der Waals surface area contributed by atoms with Crippen molar-refractivity contribution in [3.8, 4) is 0 Å². The van der Waals surface area contributed by atoms with Crippen LogP contribution in [0.2, 0.25) is 0 Å². The van der Waals surface area contributed by atoms with Crippen molar-refractivity contribution in [3.05, 3.63) is 0 Å². The topological polar surface area (TPSA) is 34.1 Å². The lowest BCUT2D eigenvalue weighted by molar-refractivity contribution is -0.141. The van der Waals surface area contributed by atoms with Crippen molar-refractivity contribution >= 4 is 11.6 Å². The molecule has 1 unspecified atom stereocenters. The van der Waals surface area contributed by atoms with E-state index in [1.54, 1.807) is 0 Å². The lowest BCUT2D eigenvalue weighted by Crippen LogP contribution is -2.42. The van der Waals surface area contributed by atoms with E-state index in [0.29, 0.717) is 18.8 Å². The molecule has 2 fully saturated rings. The van der Waals surface area contributed by atoms with E-state index in [9.17, 15) is 9.59 Å². The molecule has 1 spiro atoms. The highest BCUT2D eigenvalue weighted by molar-refractivity contribution is 6.13. The summed E-state index contributed by atoms with van der Waals surface area (Å²) in [7, 11) is 0. The minimum atomic E-state index is -0.520. The highest BCUT2D eigenvalue weighted by Gasteiger charge is 2.54. The van der Waals surface area contributed by atoms with Crippen molar-refractivity contribution < 1.29 is 9.59 Å². The van der Waals surface area contributed by atoms with Gasteiger partial charge in [0.2, 0.25) is 0 Å². The molecule has 0 N–H and O–H groups in total. The summed E-state index contributed by atoms with van der Waals surface area (Å²) in [6, 6.07) is 0. The van der Waals surface area contributed by atoms with Crippen LogP contribution in [0.1, 0.15) is 58.3 Å². The van der Waals surface area contributed by atoms with Gasteiger partial charge in [-0.2, -0.15) is 0 Å². The third kappa shape index (κ3) is 1.54. The maximum absolute atomic E-state index is 12.0. The average molecular weight is 208 g/mol. The van der Waals surface area contributed by atoms with Gasteiger partial charge in [-0.15, -0.1) is 0 Å². The Kier molecular flexibility index (Phi) is 2.94. The van der Waals surface area contributed by atoms with Gasteiger partial charge in [-0.1, -0.05) is 26.2 Å². The van der Waals surface area contributed by atoms with E-state index in [1.165, 1.54) is 6.42 Å². The Labute approximate surface area is 91.4 Å². The Bertz CT molecular complexity index is 262. The van der Waals surface area contributed by atoms with Crippen LogP contribution in [0.3, 0.4) is 0 Å². The van der Waals surface area contributed by atoms with Crippen molar-refractivity contribution in [3.63, 3.8) is 0 Å². The Morgan fingerprint density at radius 2 is 1.87 bits per heavy atom. The predicted molar refractivity (Wildman–Crippen MR) is 58.5 cm³/mol. The second-order valence-electron chi connectivity index (χ2n) is 5.05. The molecule has 0 radical (unpaired) electrons. The van der Waals surface area contributed by atoms with Gasteiger partial charge in [0.25, 0.3) is 0 Å². The number of hydrogen-bond acceptors (Lipinski definition) is 2. The number of carbonyl (C=O) groups excluding carboxylic acids is 2. The molecule has 0 amide bonds. The van der Waals surface area contributed by atoms with Gasteiger partial charge in [-0.25, -0.2) is 0 Å². The van der Waals surface area contributed by atoms with Gasteiger partial charge < -0.3 is 0 Å². The molecule has 15 heavy (non-hydrogen) atoms. The second kappa shape index (κ2) is 4.07. The Hall–Kier alpha value is -0.660. The normalized spacial score (nSPS) is 30.1. The summed E-state index contributed by atoms with van der Waals surface area (Å²) in [6.07, 6.45) is 7.37. The zero-order valence-corrected chi connectivity index (χ0v) is 9.55. The molecular formula is C13H20O2. The molecule has 84 valence electrons. The fourth-order valence-electron chi connectivity index (χ4n) is 3.55. The van der Waals surface area contributed by atoms with E-state index >= 15 is 0 Å². The summed E-state index contributed by atoms with van der Waals surface area (Å²) in [5.74, 6) is 0.870. The standard InChI is InChI=1S/C13H20O2/c1-2-5-10-6-3-4-9-13(10)11(14)7-8-12(13)15/h10H,2-9H2,1H3. The Balaban J connectivity index is 2.28. The molecule has 2 aliphatic rings. The van der Waals surface area contributed by atoms with Crippen molar-refractivity contribution in [1.29, 1.82) is 0 Å². The Morgan fingerprint density at radius 3 is 2.47 bits per heavy atom. The molecule has 0 aliphatic heterocycles. The monoisotopic (exact) mass is 208 g/mol. The van der Waals surface area contributed by atoms with Crippen LogP contribution in [0.5, 0.6) is 0 Å². The predicted octanol–water partition coefficient (Wildman–Crippen LogP) is 2.90. The fourth-order valence-corrected chi connectivity index (χ4v) is 3.55. The summed E-state index contributed by atoms with van der Waals surface area (Å²) in [4.78, 5) is 24.1. The van der Waals surface area contributed by atoms with E-state index in [1.807, 2.05) is 0 Å². The van der Waals surface area contributed by atoms with Gasteiger partial charge in [0.05, 0.1) is 5.41 Å². The lowest BCUT2D eigenvalue weighted by atomic mass is 9.63. The van der Waals surface area contributed by atoms with Crippen LogP contribution in [-0.2, 0) is 9.59 Å². The molecular weight excluding hydrogens is 188 g/mol. The summed E-state index contributed by atoms with van der Waals surface area (Å²) >= 11 is 0. The largest absolute Gasteiger partial charge is 0.299 e. The van der Waals surface area contributed by atoms with E-state index in [-0.39, 0.29) is 11.6 Å². The third-order valence-electron chi connectivity index (χ3n) is 4.28. The van der Waals surface area contributed by atoms with Crippen molar-refractivity contribution in [2.24, 2.45) is 11.3 Å². The average Bonchev–Trinajstić information content (AvgIpc) is 2.51. The van der Waals surface area contributed by atoms with Crippen LogP contribution >= 0.6 is 0 Å². The quantitative estimate of drug-likeness (QED) is 0.654. The smallest absolute Gasteiger partial charge is 0.147 e. The van der Waals surface area contributed by atoms with Crippen molar-refractivity contribution in [1.82, 2.24) is 0 Å². The van der Waals surface area contributed by atoms with Crippen LogP contribution < -0.4 is 0 Å². The van der Waals surface area contributed by atoms with Gasteiger partial charge >= 0.3 is 0 Å². The minimum Gasteiger partial charge on any atom is -0.299 e. The van der Waals surface area contributed by atoms with E-state index in [0.717, 1.165) is 32.1 Å². The molecule has 1 atom stereocenters. The van der Waals surface area contributed by atoms with Gasteiger partial charge in [-0.3, -0.25) is 9.59 Å². The molecule has 2 rings (SSSR count). The zero-order chi connectivity index (χ0) is 10.9. The molecule has 2 aliphatic carbocycles. The second-order valence-corrected chi connectivity index (χ2v) is 5.05. The van der Waals surface area contributed by atoms with E-state index < -0.39 is 5.41 Å². The number of hydrogen-bond donors (Lipinski definition) is 0. The van der Waals surface area contributed by atoms with Crippen LogP contribution in [0.25, 0.3) is 0 Å². The van der Waals surface area contributed by atoms with Crippen molar-refractivity contribution in [2.45, 2.75) is 58.3 Å². The first-order chi connectivity index (χ1) is 7.21. The molecule has 0 saturated heterocycles. The minimum absolute atomic E-state index is 0.255. The summed E-state index contributed by atoms with van der Waals surface area (Å²) in [6.45, 7) is 2.15. The van der Waals surface area contributed by atoms with Crippen molar-refractivity contribution in [2.75, 3.05) is 0 Å². The van der Waals surface area contributed by atoms with Gasteiger partial charge in [0, 0.05) is 12.8 Å². The number of Topliss-reactive ketones (excluding diaryl/α,β-unsaturated/α-hetero) is 2. The first-order valence-corrected chi connectivity index (χ1v) is 6.28. The summed E-state index contributed by atoms with van der Waals surface area (Å²) < 4.78 is 0. The van der Waals surface area contributed by atoms with Crippen LogP contribution in [0, 0.1) is 11.3 Å². The van der Waals surface area contributed by atoms with E-state index in [2.05, 4.69) is 6.92 Å². The maximum atomic E-state index is 12.0. The molecule has 2 heteroatoms. The number of carbonyl (C=O) groups is 2. The zero-order valence-electron chi connectivity index (χ0n) is 9.55. The molecule has 0 aromatic rings. The van der Waals surface area contributed by atoms with Crippen LogP contribution in [-0.4, -0.2) is 11.6 Å². The highest BCUT2D eigenvalue weighted by Crippen LogP contribution is 2.49. The van der Waals surface area contributed by atoms with Gasteiger partial charge in [0.15, 0.2) is 0 Å². The van der Waals surface area contributed by atoms with Crippen LogP contribution in [0.4, 0.5) is 0 Å². The van der Waals surface area contributed by atoms with E-state index in [4.69, 9.17) is 0 Å².